The normalized spacial score (nSPS) is 8.77. The van der Waals surface area contributed by atoms with Gasteiger partial charge in [-0.05, 0) is 6.07 Å². The summed E-state index contributed by atoms with van der Waals surface area (Å²) in [6.45, 7) is 1.53. The highest BCUT2D eigenvalue weighted by molar-refractivity contribution is 8.93. The lowest BCUT2D eigenvalue weighted by atomic mass is 10.3. The van der Waals surface area contributed by atoms with Crippen LogP contribution in [0.1, 0.15) is 12.5 Å². The highest BCUT2D eigenvalue weighted by atomic mass is 79.9. The van der Waals surface area contributed by atoms with Gasteiger partial charge in [-0.1, -0.05) is 11.6 Å². The summed E-state index contributed by atoms with van der Waals surface area (Å²) in [5.74, 6) is -0.324. The van der Waals surface area contributed by atoms with Gasteiger partial charge in [0.05, 0.1) is 5.02 Å². The van der Waals surface area contributed by atoms with Gasteiger partial charge < -0.3 is 4.74 Å². The molecule has 0 saturated heterocycles. The van der Waals surface area contributed by atoms with Crippen molar-refractivity contribution in [2.75, 3.05) is 0 Å². The zero-order valence-corrected chi connectivity index (χ0v) is 9.46. The van der Waals surface area contributed by atoms with Gasteiger partial charge in [-0.25, -0.2) is 0 Å². The summed E-state index contributed by atoms with van der Waals surface area (Å²) in [5.41, 5.74) is 0.717. The van der Waals surface area contributed by atoms with Crippen LogP contribution in [-0.2, 0) is 16.1 Å². The summed E-state index contributed by atoms with van der Waals surface area (Å²) in [7, 11) is 0. The third-order valence-corrected chi connectivity index (χ3v) is 1.64. The van der Waals surface area contributed by atoms with Crippen molar-refractivity contribution >= 4 is 34.6 Å². The zero-order chi connectivity index (χ0) is 8.97. The highest BCUT2D eigenvalue weighted by Gasteiger charge is 2.00. The fourth-order valence-electron chi connectivity index (χ4n) is 0.696. The van der Waals surface area contributed by atoms with Crippen LogP contribution in [0.4, 0.5) is 0 Å². The van der Waals surface area contributed by atoms with Gasteiger partial charge in [-0.3, -0.25) is 9.78 Å². The number of pyridine rings is 1. The van der Waals surface area contributed by atoms with Gasteiger partial charge in [-0.15, -0.1) is 17.0 Å². The fraction of sp³-hybridized carbons (Fsp3) is 0.250. The lowest BCUT2D eigenvalue weighted by Crippen LogP contribution is -1.99. The molecule has 0 bridgehead atoms. The van der Waals surface area contributed by atoms with Crippen LogP contribution in [0.25, 0.3) is 0 Å². The van der Waals surface area contributed by atoms with E-state index < -0.39 is 0 Å². The van der Waals surface area contributed by atoms with Crippen molar-refractivity contribution < 1.29 is 9.53 Å². The monoisotopic (exact) mass is 265 g/mol. The maximum absolute atomic E-state index is 10.4. The number of rotatable bonds is 2. The minimum absolute atomic E-state index is 0. The van der Waals surface area contributed by atoms with E-state index in [2.05, 4.69) is 4.98 Å². The molecular weight excluding hydrogens is 257 g/mol. The Labute approximate surface area is 91.8 Å². The van der Waals surface area contributed by atoms with Crippen LogP contribution in [0.3, 0.4) is 0 Å². The number of carbonyl (C=O) groups is 1. The largest absolute Gasteiger partial charge is 0.461 e. The van der Waals surface area contributed by atoms with Crippen molar-refractivity contribution in [2.24, 2.45) is 0 Å². The molecule has 0 aromatic carbocycles. The number of halogens is 2. The molecule has 0 fully saturated rings. The second kappa shape index (κ2) is 5.94. The van der Waals surface area contributed by atoms with Crippen molar-refractivity contribution in [2.45, 2.75) is 13.5 Å². The van der Waals surface area contributed by atoms with E-state index in [-0.39, 0.29) is 29.6 Å². The topological polar surface area (TPSA) is 39.2 Å². The Morgan fingerprint density at radius 1 is 1.69 bits per heavy atom. The molecule has 72 valence electrons. The number of aromatic nitrogens is 1. The molecule has 0 amide bonds. The molecule has 1 rings (SSSR count). The van der Waals surface area contributed by atoms with Crippen LogP contribution in [0, 0.1) is 0 Å². The molecule has 13 heavy (non-hydrogen) atoms. The van der Waals surface area contributed by atoms with E-state index in [1.165, 1.54) is 6.92 Å². The standard InChI is InChI=1S/C8H8ClNO2.BrH/c1-6(11)12-5-7-4-10-3-2-8(7)9;/h2-4H,5H2,1H3;1H. The van der Waals surface area contributed by atoms with Crippen LogP contribution in [-0.4, -0.2) is 11.0 Å². The van der Waals surface area contributed by atoms with E-state index in [1.54, 1.807) is 18.5 Å². The molecule has 0 radical (unpaired) electrons. The van der Waals surface area contributed by atoms with Gasteiger partial charge in [0, 0.05) is 24.9 Å². The zero-order valence-electron chi connectivity index (χ0n) is 6.99. The first-order valence-electron chi connectivity index (χ1n) is 3.42. The molecule has 0 N–H and O–H groups in total. The van der Waals surface area contributed by atoms with E-state index in [9.17, 15) is 4.79 Å². The third-order valence-electron chi connectivity index (χ3n) is 1.28. The second-order valence-electron chi connectivity index (χ2n) is 2.25. The van der Waals surface area contributed by atoms with Crippen molar-refractivity contribution in [3.63, 3.8) is 0 Å². The average molecular weight is 267 g/mol. The van der Waals surface area contributed by atoms with E-state index in [1.807, 2.05) is 0 Å². The van der Waals surface area contributed by atoms with Crippen molar-refractivity contribution in [3.8, 4) is 0 Å². The number of esters is 1. The maximum Gasteiger partial charge on any atom is 0.302 e. The first-order valence-corrected chi connectivity index (χ1v) is 3.79. The first-order chi connectivity index (χ1) is 5.70. The SMILES string of the molecule is Br.CC(=O)OCc1cnccc1Cl. The Bertz CT molecular complexity index is 293. The quantitative estimate of drug-likeness (QED) is 0.772. The van der Waals surface area contributed by atoms with Crippen LogP contribution in [0.15, 0.2) is 18.5 Å². The van der Waals surface area contributed by atoms with Crippen LogP contribution in [0.2, 0.25) is 5.02 Å². The van der Waals surface area contributed by atoms with Crippen LogP contribution in [0.5, 0.6) is 0 Å². The predicted molar refractivity (Wildman–Crippen MR) is 55.0 cm³/mol. The number of ether oxygens (including phenoxy) is 1. The van der Waals surface area contributed by atoms with Gasteiger partial charge in [0.25, 0.3) is 0 Å². The second-order valence-corrected chi connectivity index (χ2v) is 2.65. The summed E-state index contributed by atoms with van der Waals surface area (Å²) in [6, 6.07) is 1.65. The fourth-order valence-corrected chi connectivity index (χ4v) is 0.855. The molecule has 0 aliphatic rings. The number of hydrogen-bond donors (Lipinski definition) is 0. The van der Waals surface area contributed by atoms with Crippen molar-refractivity contribution in [1.29, 1.82) is 0 Å². The Morgan fingerprint density at radius 3 is 2.92 bits per heavy atom. The van der Waals surface area contributed by atoms with E-state index in [4.69, 9.17) is 16.3 Å². The Hall–Kier alpha value is -0.610. The molecule has 3 nitrogen and oxygen atoms in total. The molecule has 1 aromatic heterocycles. The van der Waals surface area contributed by atoms with E-state index in [0.29, 0.717) is 5.02 Å². The molecule has 1 aromatic rings. The van der Waals surface area contributed by atoms with Crippen molar-refractivity contribution in [1.82, 2.24) is 4.98 Å². The smallest absolute Gasteiger partial charge is 0.302 e. The van der Waals surface area contributed by atoms with Gasteiger partial charge >= 0.3 is 5.97 Å². The van der Waals surface area contributed by atoms with E-state index in [0.717, 1.165) is 5.56 Å². The van der Waals surface area contributed by atoms with Gasteiger partial charge in [0.1, 0.15) is 6.61 Å². The molecule has 0 unspecified atom stereocenters. The molecule has 0 atom stereocenters. The molecule has 5 heteroatoms. The van der Waals surface area contributed by atoms with Crippen LogP contribution < -0.4 is 0 Å². The number of nitrogens with zero attached hydrogens (tertiary/aromatic N) is 1. The number of hydrogen-bond acceptors (Lipinski definition) is 3. The predicted octanol–water partition coefficient (Wildman–Crippen LogP) is 2.38. The molecule has 1 heterocycles. The molecule has 0 aliphatic carbocycles. The van der Waals surface area contributed by atoms with E-state index >= 15 is 0 Å². The summed E-state index contributed by atoms with van der Waals surface area (Å²) < 4.78 is 4.75. The minimum Gasteiger partial charge on any atom is -0.461 e. The van der Waals surface area contributed by atoms with Gasteiger partial charge in [-0.2, -0.15) is 0 Å². The van der Waals surface area contributed by atoms with Crippen LogP contribution >= 0.6 is 28.6 Å². The summed E-state index contributed by atoms with van der Waals surface area (Å²) in [4.78, 5) is 14.3. The lowest BCUT2D eigenvalue weighted by Gasteiger charge is -2.02. The number of carbonyl (C=O) groups excluding carboxylic acids is 1. The third kappa shape index (κ3) is 4.24. The Morgan fingerprint density at radius 2 is 2.38 bits per heavy atom. The summed E-state index contributed by atoms with van der Waals surface area (Å²) in [5, 5.41) is 0.561. The van der Waals surface area contributed by atoms with Gasteiger partial charge in [0.15, 0.2) is 0 Å². The summed E-state index contributed by atoms with van der Waals surface area (Å²) >= 11 is 5.78. The minimum atomic E-state index is -0.324. The lowest BCUT2D eigenvalue weighted by molar-refractivity contribution is -0.142. The highest BCUT2D eigenvalue weighted by Crippen LogP contribution is 2.13. The Balaban J connectivity index is 0.00000144. The maximum atomic E-state index is 10.4. The van der Waals surface area contributed by atoms with Gasteiger partial charge in [0.2, 0.25) is 0 Å². The van der Waals surface area contributed by atoms with Crippen molar-refractivity contribution in [3.05, 3.63) is 29.0 Å². The molecule has 0 aliphatic heterocycles. The Kier molecular flexibility index (Phi) is 5.66. The molecular formula is C8H9BrClNO2. The average Bonchev–Trinajstić information content (AvgIpc) is 2.03. The molecule has 0 saturated carbocycles. The summed E-state index contributed by atoms with van der Waals surface area (Å²) in [6.07, 6.45) is 3.16. The molecule has 0 spiro atoms. The first kappa shape index (κ1) is 12.4.